The monoisotopic (exact) mass is 357 g/mol. The van der Waals surface area contributed by atoms with Gasteiger partial charge >= 0.3 is 0 Å². The molecule has 1 unspecified atom stereocenters. The zero-order valence-corrected chi connectivity index (χ0v) is 15.8. The molecule has 1 aromatic carbocycles. The summed E-state index contributed by atoms with van der Waals surface area (Å²) in [7, 11) is 4.82. The molecule has 1 heterocycles. The molecule has 0 saturated carbocycles. The van der Waals surface area contributed by atoms with Gasteiger partial charge in [0.15, 0.2) is 5.72 Å². The van der Waals surface area contributed by atoms with Gasteiger partial charge in [-0.2, -0.15) is 0 Å². The van der Waals surface area contributed by atoms with Gasteiger partial charge in [0.05, 0.1) is 14.2 Å². The number of nitrogens with one attached hydrogen (secondary N) is 1. The predicted octanol–water partition coefficient (Wildman–Crippen LogP) is 3.91. The second-order valence-corrected chi connectivity index (χ2v) is 6.24. The molecular formula is C21H27NO4. The number of ether oxygens (including phenoxy) is 3. The van der Waals surface area contributed by atoms with Gasteiger partial charge in [0.25, 0.3) is 0 Å². The van der Waals surface area contributed by atoms with E-state index in [1.807, 2.05) is 37.3 Å². The molecule has 5 heteroatoms. The summed E-state index contributed by atoms with van der Waals surface area (Å²) >= 11 is 0. The van der Waals surface area contributed by atoms with Crippen LogP contribution in [0.2, 0.25) is 0 Å². The molecule has 0 spiro atoms. The minimum Gasteiger partial charge on any atom is -0.508 e. The molecule has 1 aromatic rings. The van der Waals surface area contributed by atoms with E-state index in [0.717, 1.165) is 23.1 Å². The van der Waals surface area contributed by atoms with Crippen molar-refractivity contribution in [3.05, 3.63) is 65.6 Å². The van der Waals surface area contributed by atoms with Gasteiger partial charge < -0.3 is 24.6 Å². The van der Waals surface area contributed by atoms with Crippen LogP contribution >= 0.6 is 0 Å². The zero-order valence-electron chi connectivity index (χ0n) is 15.8. The van der Waals surface area contributed by atoms with E-state index in [4.69, 9.17) is 14.2 Å². The fourth-order valence-electron chi connectivity index (χ4n) is 2.70. The summed E-state index contributed by atoms with van der Waals surface area (Å²) < 4.78 is 16.3. The lowest BCUT2D eigenvalue weighted by Gasteiger charge is -2.29. The van der Waals surface area contributed by atoms with Gasteiger partial charge in [-0.15, -0.1) is 6.58 Å². The molecule has 1 aliphatic rings. The van der Waals surface area contributed by atoms with Crippen LogP contribution in [0.25, 0.3) is 6.08 Å². The summed E-state index contributed by atoms with van der Waals surface area (Å²) in [5, 5.41) is 13.6. The standard InChI is InChI=1S/C21H27NO4/c1-15(2)6-7-18-19(23)12-16(13-20(18)25-4)8-10-21(26-5)14-17(24-3)9-11-22-21/h8-14,22-23H,1,6-7H2,2-5H3. The quantitative estimate of drug-likeness (QED) is 0.691. The highest BCUT2D eigenvalue weighted by Gasteiger charge is 2.25. The van der Waals surface area contributed by atoms with Crippen molar-refractivity contribution in [2.75, 3.05) is 21.3 Å². The Morgan fingerprint density at radius 1 is 1.27 bits per heavy atom. The molecule has 0 radical (unpaired) electrons. The van der Waals surface area contributed by atoms with Crippen LogP contribution in [0.1, 0.15) is 24.5 Å². The lowest BCUT2D eigenvalue weighted by atomic mass is 10.0. The number of hydrogen-bond donors (Lipinski definition) is 2. The second kappa shape index (κ2) is 8.63. The Balaban J connectivity index is 2.30. The van der Waals surface area contributed by atoms with Crippen LogP contribution in [0.5, 0.6) is 11.5 Å². The first-order valence-electron chi connectivity index (χ1n) is 8.42. The number of benzene rings is 1. The molecule has 26 heavy (non-hydrogen) atoms. The molecule has 0 aliphatic carbocycles. The largest absolute Gasteiger partial charge is 0.508 e. The third-order valence-corrected chi connectivity index (χ3v) is 4.24. The number of hydrogen-bond acceptors (Lipinski definition) is 5. The average Bonchev–Trinajstić information content (AvgIpc) is 2.65. The van der Waals surface area contributed by atoms with Crippen molar-refractivity contribution in [1.29, 1.82) is 0 Å². The van der Waals surface area contributed by atoms with E-state index in [1.165, 1.54) is 0 Å². The van der Waals surface area contributed by atoms with Crippen LogP contribution in [0.3, 0.4) is 0 Å². The highest BCUT2D eigenvalue weighted by molar-refractivity contribution is 5.60. The van der Waals surface area contributed by atoms with Crippen LogP contribution in [0, 0.1) is 0 Å². The van der Waals surface area contributed by atoms with E-state index in [-0.39, 0.29) is 5.75 Å². The van der Waals surface area contributed by atoms with Crippen molar-refractivity contribution in [2.45, 2.75) is 25.5 Å². The molecule has 0 bridgehead atoms. The van der Waals surface area contributed by atoms with E-state index >= 15 is 0 Å². The molecule has 1 atom stereocenters. The Morgan fingerprint density at radius 2 is 2.04 bits per heavy atom. The number of phenols is 1. The van der Waals surface area contributed by atoms with Gasteiger partial charge in [-0.3, -0.25) is 0 Å². The number of methoxy groups -OCH3 is 3. The molecule has 0 amide bonds. The van der Waals surface area contributed by atoms with Crippen molar-refractivity contribution in [3.8, 4) is 11.5 Å². The van der Waals surface area contributed by atoms with E-state index < -0.39 is 5.72 Å². The Hall–Kier alpha value is -2.66. The van der Waals surface area contributed by atoms with E-state index in [0.29, 0.717) is 17.9 Å². The van der Waals surface area contributed by atoms with Gasteiger partial charge in [0.1, 0.15) is 17.3 Å². The number of dihydropyridines is 1. The van der Waals surface area contributed by atoms with Crippen molar-refractivity contribution in [3.63, 3.8) is 0 Å². The molecule has 5 nitrogen and oxygen atoms in total. The Labute approximate surface area is 155 Å². The molecular weight excluding hydrogens is 330 g/mol. The molecule has 2 N–H and O–H groups in total. The number of phenolic OH excluding ortho intramolecular Hbond substituents is 1. The van der Waals surface area contributed by atoms with Gasteiger partial charge in [-0.05, 0) is 49.6 Å². The van der Waals surface area contributed by atoms with Crippen LogP contribution in [0.4, 0.5) is 0 Å². The normalized spacial score (nSPS) is 19.2. The molecule has 140 valence electrons. The van der Waals surface area contributed by atoms with Gasteiger partial charge in [0.2, 0.25) is 0 Å². The summed E-state index contributed by atoms with van der Waals surface area (Å²) in [6, 6.07) is 3.61. The fraction of sp³-hybridized carbons (Fsp3) is 0.333. The Morgan fingerprint density at radius 3 is 2.65 bits per heavy atom. The summed E-state index contributed by atoms with van der Waals surface area (Å²) in [5.74, 6) is 1.56. The van der Waals surface area contributed by atoms with Crippen molar-refractivity contribution in [2.24, 2.45) is 0 Å². The molecule has 2 rings (SSSR count). The van der Waals surface area contributed by atoms with E-state index in [2.05, 4.69) is 11.9 Å². The maximum absolute atomic E-state index is 10.4. The van der Waals surface area contributed by atoms with Crippen LogP contribution in [-0.4, -0.2) is 32.2 Å². The van der Waals surface area contributed by atoms with Gasteiger partial charge in [-0.25, -0.2) is 0 Å². The maximum atomic E-state index is 10.4. The van der Waals surface area contributed by atoms with Gasteiger partial charge in [0, 0.05) is 24.9 Å². The van der Waals surface area contributed by atoms with Crippen molar-refractivity contribution < 1.29 is 19.3 Å². The molecule has 0 aromatic heterocycles. The predicted molar refractivity (Wildman–Crippen MR) is 104 cm³/mol. The molecule has 0 saturated heterocycles. The minimum atomic E-state index is -0.818. The highest BCUT2D eigenvalue weighted by Crippen LogP contribution is 2.32. The number of aromatic hydroxyl groups is 1. The maximum Gasteiger partial charge on any atom is 0.180 e. The first kappa shape index (κ1) is 19.7. The highest BCUT2D eigenvalue weighted by atomic mass is 16.5. The third-order valence-electron chi connectivity index (χ3n) is 4.24. The summed E-state index contributed by atoms with van der Waals surface area (Å²) in [4.78, 5) is 0. The lowest BCUT2D eigenvalue weighted by Crippen LogP contribution is -2.42. The smallest absolute Gasteiger partial charge is 0.180 e. The summed E-state index contributed by atoms with van der Waals surface area (Å²) in [6.45, 7) is 5.88. The average molecular weight is 357 g/mol. The SMILES string of the molecule is C=C(C)CCc1c(O)cc(C=CC2(OC)C=C(OC)C=CN2)cc1OC. The minimum absolute atomic E-state index is 0.210. The Kier molecular flexibility index (Phi) is 6.52. The van der Waals surface area contributed by atoms with Crippen molar-refractivity contribution >= 4 is 6.08 Å². The number of rotatable bonds is 8. The Bertz CT molecular complexity index is 749. The fourth-order valence-corrected chi connectivity index (χ4v) is 2.70. The first-order chi connectivity index (χ1) is 12.4. The second-order valence-electron chi connectivity index (χ2n) is 6.24. The van der Waals surface area contributed by atoms with Crippen LogP contribution < -0.4 is 10.1 Å². The van der Waals surface area contributed by atoms with Crippen molar-refractivity contribution in [1.82, 2.24) is 5.32 Å². The molecule has 1 aliphatic heterocycles. The lowest BCUT2D eigenvalue weighted by molar-refractivity contribution is 0.0516. The van der Waals surface area contributed by atoms with Crippen LogP contribution in [0.15, 0.2) is 54.5 Å². The zero-order chi connectivity index (χ0) is 19.2. The van der Waals surface area contributed by atoms with E-state index in [1.54, 1.807) is 33.6 Å². The molecule has 0 fully saturated rings. The summed E-state index contributed by atoms with van der Waals surface area (Å²) in [5.41, 5.74) is 1.84. The van der Waals surface area contributed by atoms with E-state index in [9.17, 15) is 5.11 Å². The first-order valence-corrected chi connectivity index (χ1v) is 8.42. The number of allylic oxidation sites excluding steroid dienone is 2. The summed E-state index contributed by atoms with van der Waals surface area (Å²) in [6.07, 6.45) is 10.6. The van der Waals surface area contributed by atoms with Crippen LogP contribution in [-0.2, 0) is 15.9 Å². The van der Waals surface area contributed by atoms with Gasteiger partial charge in [-0.1, -0.05) is 11.6 Å². The topological polar surface area (TPSA) is 60.0 Å². The third kappa shape index (κ3) is 4.70.